The van der Waals surface area contributed by atoms with Gasteiger partial charge in [-0.25, -0.2) is 4.79 Å². The van der Waals surface area contributed by atoms with E-state index in [4.69, 9.17) is 9.84 Å². The molecule has 0 radical (unpaired) electrons. The molecule has 0 aliphatic rings. The van der Waals surface area contributed by atoms with Crippen LogP contribution in [0.3, 0.4) is 0 Å². The van der Waals surface area contributed by atoms with E-state index in [9.17, 15) is 4.79 Å². The Balaban J connectivity index is 1.90. The fraction of sp³-hybridized carbons (Fsp3) is 0.316. The number of benzene rings is 2. The maximum absolute atomic E-state index is 11.7. The second-order valence-electron chi connectivity index (χ2n) is 5.71. The van der Waals surface area contributed by atoms with E-state index < -0.39 is 0 Å². The highest BCUT2D eigenvalue weighted by Crippen LogP contribution is 2.22. The Bertz CT molecular complexity index is 686. The zero-order chi connectivity index (χ0) is 17.4. The SMILES string of the molecule is Cc1cccc(COc2ccc(NC(=O)NCCCO)c(C)c2)c1. The predicted octanol–water partition coefficient (Wildman–Crippen LogP) is 3.39. The number of aryl methyl sites for hydroxylation is 2. The molecule has 0 aliphatic heterocycles. The predicted molar refractivity (Wildman–Crippen MR) is 95.4 cm³/mol. The number of aliphatic hydroxyl groups excluding tert-OH is 1. The van der Waals surface area contributed by atoms with Gasteiger partial charge in [-0.3, -0.25) is 0 Å². The molecule has 5 nitrogen and oxygen atoms in total. The Morgan fingerprint density at radius 1 is 1.17 bits per heavy atom. The molecule has 0 aromatic heterocycles. The summed E-state index contributed by atoms with van der Waals surface area (Å²) in [4.78, 5) is 11.7. The number of aliphatic hydroxyl groups is 1. The van der Waals surface area contributed by atoms with Gasteiger partial charge in [0.25, 0.3) is 0 Å². The van der Waals surface area contributed by atoms with Crippen LogP contribution in [0.15, 0.2) is 42.5 Å². The third-order valence-electron chi connectivity index (χ3n) is 3.55. The minimum absolute atomic E-state index is 0.0618. The van der Waals surface area contributed by atoms with Crippen LogP contribution in [0.5, 0.6) is 5.75 Å². The van der Waals surface area contributed by atoms with Gasteiger partial charge in [-0.1, -0.05) is 29.8 Å². The Hall–Kier alpha value is -2.53. The summed E-state index contributed by atoms with van der Waals surface area (Å²) in [5.74, 6) is 0.764. The molecule has 0 heterocycles. The van der Waals surface area contributed by atoms with Crippen molar-refractivity contribution < 1.29 is 14.6 Å². The van der Waals surface area contributed by atoms with Gasteiger partial charge in [-0.2, -0.15) is 0 Å². The zero-order valence-corrected chi connectivity index (χ0v) is 14.1. The molecule has 0 spiro atoms. The van der Waals surface area contributed by atoms with E-state index in [0.29, 0.717) is 19.6 Å². The van der Waals surface area contributed by atoms with Crippen molar-refractivity contribution in [2.75, 3.05) is 18.5 Å². The highest BCUT2D eigenvalue weighted by atomic mass is 16.5. The molecule has 24 heavy (non-hydrogen) atoms. The van der Waals surface area contributed by atoms with Gasteiger partial charge in [0.15, 0.2) is 0 Å². The average molecular weight is 328 g/mol. The van der Waals surface area contributed by atoms with E-state index in [-0.39, 0.29) is 12.6 Å². The van der Waals surface area contributed by atoms with E-state index in [1.807, 2.05) is 37.3 Å². The summed E-state index contributed by atoms with van der Waals surface area (Å²) < 4.78 is 5.81. The van der Waals surface area contributed by atoms with Crippen LogP contribution in [-0.2, 0) is 6.61 Å². The van der Waals surface area contributed by atoms with Gasteiger partial charge in [0.05, 0.1) is 0 Å². The monoisotopic (exact) mass is 328 g/mol. The lowest BCUT2D eigenvalue weighted by molar-refractivity contribution is 0.249. The van der Waals surface area contributed by atoms with Crippen molar-refractivity contribution >= 4 is 11.7 Å². The van der Waals surface area contributed by atoms with Crippen molar-refractivity contribution in [3.8, 4) is 5.75 Å². The molecule has 2 aromatic carbocycles. The molecular formula is C19H24N2O3. The van der Waals surface area contributed by atoms with E-state index in [1.165, 1.54) is 5.56 Å². The summed E-state index contributed by atoms with van der Waals surface area (Å²) in [5, 5.41) is 14.2. The molecule has 0 saturated heterocycles. The van der Waals surface area contributed by atoms with E-state index in [0.717, 1.165) is 22.6 Å². The van der Waals surface area contributed by atoms with Crippen LogP contribution in [0, 0.1) is 13.8 Å². The molecule has 2 amide bonds. The van der Waals surface area contributed by atoms with Gasteiger partial charge in [0.2, 0.25) is 0 Å². The number of urea groups is 1. The molecule has 128 valence electrons. The molecule has 0 unspecified atom stereocenters. The molecule has 2 aromatic rings. The lowest BCUT2D eigenvalue weighted by Crippen LogP contribution is -2.30. The van der Waals surface area contributed by atoms with Crippen LogP contribution in [0.1, 0.15) is 23.1 Å². The molecule has 0 atom stereocenters. The molecule has 2 rings (SSSR count). The van der Waals surface area contributed by atoms with Crippen LogP contribution in [0.25, 0.3) is 0 Å². The number of nitrogens with one attached hydrogen (secondary N) is 2. The first-order valence-electron chi connectivity index (χ1n) is 8.03. The smallest absolute Gasteiger partial charge is 0.319 e. The summed E-state index contributed by atoms with van der Waals surface area (Å²) in [6.07, 6.45) is 0.540. The topological polar surface area (TPSA) is 70.6 Å². The van der Waals surface area contributed by atoms with Gasteiger partial charge in [-0.15, -0.1) is 0 Å². The number of ether oxygens (including phenoxy) is 1. The maximum atomic E-state index is 11.7. The number of rotatable bonds is 7. The average Bonchev–Trinajstić information content (AvgIpc) is 2.55. The summed E-state index contributed by atoms with van der Waals surface area (Å²) in [6, 6.07) is 13.5. The number of carbonyl (C=O) groups is 1. The summed E-state index contributed by atoms with van der Waals surface area (Å²) in [7, 11) is 0. The number of anilines is 1. The normalized spacial score (nSPS) is 10.3. The molecular weight excluding hydrogens is 304 g/mol. The third-order valence-corrected chi connectivity index (χ3v) is 3.55. The van der Waals surface area contributed by atoms with Gasteiger partial charge in [0.1, 0.15) is 12.4 Å². The minimum Gasteiger partial charge on any atom is -0.489 e. The van der Waals surface area contributed by atoms with Crippen molar-refractivity contribution in [1.29, 1.82) is 0 Å². The number of carbonyl (C=O) groups excluding carboxylic acids is 1. The van der Waals surface area contributed by atoms with Crippen LogP contribution in [0.4, 0.5) is 10.5 Å². The fourth-order valence-corrected chi connectivity index (χ4v) is 2.28. The fourth-order valence-electron chi connectivity index (χ4n) is 2.28. The number of amides is 2. The number of hydrogen-bond acceptors (Lipinski definition) is 3. The van der Waals surface area contributed by atoms with Crippen LogP contribution in [-0.4, -0.2) is 24.3 Å². The Morgan fingerprint density at radius 2 is 2.00 bits per heavy atom. The standard InChI is InChI=1S/C19H24N2O3/c1-14-5-3-6-16(11-14)13-24-17-7-8-18(15(2)12-17)21-19(23)20-9-4-10-22/h3,5-8,11-12,22H,4,9-10,13H2,1-2H3,(H2,20,21,23). The first kappa shape index (κ1) is 17.8. The van der Waals surface area contributed by atoms with Crippen LogP contribution < -0.4 is 15.4 Å². The van der Waals surface area contributed by atoms with Crippen molar-refractivity contribution in [2.24, 2.45) is 0 Å². The summed E-state index contributed by atoms with van der Waals surface area (Å²) in [5.41, 5.74) is 3.99. The lowest BCUT2D eigenvalue weighted by Gasteiger charge is -2.12. The lowest BCUT2D eigenvalue weighted by atomic mass is 10.1. The van der Waals surface area contributed by atoms with Crippen molar-refractivity contribution in [3.63, 3.8) is 0 Å². The largest absolute Gasteiger partial charge is 0.489 e. The van der Waals surface area contributed by atoms with E-state index >= 15 is 0 Å². The van der Waals surface area contributed by atoms with E-state index in [1.54, 1.807) is 0 Å². The highest BCUT2D eigenvalue weighted by Gasteiger charge is 2.05. The maximum Gasteiger partial charge on any atom is 0.319 e. The van der Waals surface area contributed by atoms with Crippen LogP contribution in [0.2, 0.25) is 0 Å². The third kappa shape index (κ3) is 5.59. The quantitative estimate of drug-likeness (QED) is 0.682. The van der Waals surface area contributed by atoms with Gasteiger partial charge in [0, 0.05) is 18.8 Å². The van der Waals surface area contributed by atoms with Gasteiger partial charge < -0.3 is 20.5 Å². The summed E-state index contributed by atoms with van der Waals surface area (Å²) >= 11 is 0. The first-order valence-corrected chi connectivity index (χ1v) is 8.03. The summed E-state index contributed by atoms with van der Waals surface area (Å²) in [6.45, 7) is 4.99. The minimum atomic E-state index is -0.278. The molecule has 0 fully saturated rings. The Morgan fingerprint density at radius 3 is 2.71 bits per heavy atom. The Labute approximate surface area is 142 Å². The van der Waals surface area contributed by atoms with Crippen molar-refractivity contribution in [2.45, 2.75) is 26.9 Å². The first-order chi connectivity index (χ1) is 11.6. The Kier molecular flexibility index (Phi) is 6.63. The van der Waals surface area contributed by atoms with Gasteiger partial charge >= 0.3 is 6.03 Å². The van der Waals surface area contributed by atoms with Crippen molar-refractivity contribution in [1.82, 2.24) is 5.32 Å². The molecule has 3 N–H and O–H groups in total. The van der Waals surface area contributed by atoms with E-state index in [2.05, 4.69) is 29.7 Å². The van der Waals surface area contributed by atoms with Crippen molar-refractivity contribution in [3.05, 3.63) is 59.2 Å². The number of hydrogen-bond donors (Lipinski definition) is 3. The molecule has 0 bridgehead atoms. The zero-order valence-electron chi connectivity index (χ0n) is 14.1. The molecule has 0 saturated carbocycles. The second kappa shape index (κ2) is 8.93. The van der Waals surface area contributed by atoms with Crippen LogP contribution >= 0.6 is 0 Å². The second-order valence-corrected chi connectivity index (χ2v) is 5.71. The molecule has 5 heteroatoms. The van der Waals surface area contributed by atoms with Gasteiger partial charge in [-0.05, 0) is 49.6 Å². The molecule has 0 aliphatic carbocycles. The highest BCUT2D eigenvalue weighted by molar-refractivity contribution is 5.90.